The molecule has 0 spiro atoms. The molecule has 0 saturated heterocycles. The van der Waals surface area contributed by atoms with Gasteiger partial charge in [-0.25, -0.2) is 13.8 Å². The number of hydrogen-bond acceptors (Lipinski definition) is 2. The second kappa shape index (κ2) is 8.39. The van der Waals surface area contributed by atoms with Gasteiger partial charge < -0.3 is 5.01 Å². The molecule has 1 atom stereocenters. The van der Waals surface area contributed by atoms with Crippen LogP contribution in [0.4, 0.5) is 8.78 Å². The molecule has 1 aliphatic heterocycles. The van der Waals surface area contributed by atoms with Crippen molar-refractivity contribution in [2.45, 2.75) is 59.4 Å². The Morgan fingerprint density at radius 3 is 2.52 bits per heavy atom. The standard InChI is InChI=1S/C23H32F2N2/c1-8-14-23(7)17(5)21(16(3)4)18(6)26(27(23)9-2)15-19-12-10-11-13-20(24)22(19)25/h10-12H,3,6,8-9,13-15H2,1-2,4-5,7H3. The van der Waals surface area contributed by atoms with Crippen LogP contribution in [0.25, 0.3) is 0 Å². The fourth-order valence-corrected chi connectivity index (χ4v) is 4.27. The predicted octanol–water partition coefficient (Wildman–Crippen LogP) is 6.54. The molecule has 4 heteroatoms. The molecule has 0 amide bonds. The molecule has 0 aromatic heterocycles. The maximum atomic E-state index is 14.6. The molecule has 148 valence electrons. The van der Waals surface area contributed by atoms with Crippen LogP contribution in [-0.2, 0) is 0 Å². The number of rotatable bonds is 6. The summed E-state index contributed by atoms with van der Waals surface area (Å²) in [7, 11) is 0. The SMILES string of the molecule is C=C(C)C1=C(C)C(C)(CCC)N(CC)N(CC2=CC=CCC(F)=C2F)C1=C. The van der Waals surface area contributed by atoms with Crippen molar-refractivity contribution < 1.29 is 8.78 Å². The Kier molecular flexibility index (Phi) is 6.63. The summed E-state index contributed by atoms with van der Waals surface area (Å²) in [5.74, 6) is -1.48. The molecule has 0 N–H and O–H groups in total. The van der Waals surface area contributed by atoms with E-state index in [1.54, 1.807) is 18.2 Å². The molecule has 0 aromatic carbocycles. The lowest BCUT2D eigenvalue weighted by molar-refractivity contribution is -0.0650. The number of hydrogen-bond donors (Lipinski definition) is 0. The highest BCUT2D eigenvalue weighted by Gasteiger charge is 2.42. The van der Waals surface area contributed by atoms with Crippen molar-refractivity contribution in [3.63, 3.8) is 0 Å². The zero-order valence-corrected chi connectivity index (χ0v) is 17.3. The molecular formula is C23H32F2N2. The van der Waals surface area contributed by atoms with Crippen LogP contribution in [0.15, 0.2) is 71.0 Å². The average molecular weight is 375 g/mol. The summed E-state index contributed by atoms with van der Waals surface area (Å²) in [6, 6.07) is 0. The van der Waals surface area contributed by atoms with Crippen LogP contribution in [0.2, 0.25) is 0 Å². The third-order valence-electron chi connectivity index (χ3n) is 5.68. The molecule has 2 nitrogen and oxygen atoms in total. The maximum absolute atomic E-state index is 14.6. The van der Waals surface area contributed by atoms with Crippen molar-refractivity contribution >= 4 is 0 Å². The lowest BCUT2D eigenvalue weighted by Crippen LogP contribution is -2.59. The van der Waals surface area contributed by atoms with E-state index in [4.69, 9.17) is 0 Å². The number of allylic oxidation sites excluding steroid dienone is 5. The number of likely N-dealkylation sites (N-methyl/N-ethyl adjacent to an activating group) is 1. The van der Waals surface area contributed by atoms with Crippen molar-refractivity contribution in [1.82, 2.24) is 10.0 Å². The van der Waals surface area contributed by atoms with Gasteiger partial charge in [0.15, 0.2) is 5.83 Å². The molecule has 27 heavy (non-hydrogen) atoms. The molecule has 1 aliphatic carbocycles. The quantitative estimate of drug-likeness (QED) is 0.521. The van der Waals surface area contributed by atoms with E-state index >= 15 is 0 Å². The number of hydrazine groups is 1. The molecule has 2 rings (SSSR count). The minimum absolute atomic E-state index is 0.00610. The van der Waals surface area contributed by atoms with Gasteiger partial charge in [-0.3, -0.25) is 0 Å². The number of nitrogens with zero attached hydrogens (tertiary/aromatic N) is 2. The molecule has 0 bridgehead atoms. The lowest BCUT2D eigenvalue weighted by atomic mass is 9.80. The Labute approximate surface area is 162 Å². The molecule has 2 aliphatic rings. The summed E-state index contributed by atoms with van der Waals surface area (Å²) in [6.07, 6.45) is 6.98. The van der Waals surface area contributed by atoms with Crippen molar-refractivity contribution in [3.8, 4) is 0 Å². The minimum Gasteiger partial charge on any atom is -0.300 e. The first-order valence-electron chi connectivity index (χ1n) is 9.70. The maximum Gasteiger partial charge on any atom is 0.159 e. The smallest absolute Gasteiger partial charge is 0.159 e. The zero-order chi connectivity index (χ0) is 20.4. The van der Waals surface area contributed by atoms with Gasteiger partial charge in [0.25, 0.3) is 0 Å². The van der Waals surface area contributed by atoms with Gasteiger partial charge in [-0.1, -0.05) is 51.7 Å². The summed E-state index contributed by atoms with van der Waals surface area (Å²) in [4.78, 5) is 0. The Morgan fingerprint density at radius 2 is 1.96 bits per heavy atom. The Bertz CT molecular complexity index is 754. The topological polar surface area (TPSA) is 6.48 Å². The normalized spacial score (nSPS) is 24.5. The van der Waals surface area contributed by atoms with Crippen LogP contribution in [0.3, 0.4) is 0 Å². The van der Waals surface area contributed by atoms with E-state index in [0.717, 1.165) is 36.2 Å². The molecule has 0 radical (unpaired) electrons. The first kappa shape index (κ1) is 21.4. The van der Waals surface area contributed by atoms with E-state index in [9.17, 15) is 8.78 Å². The van der Waals surface area contributed by atoms with Crippen molar-refractivity contribution in [2.24, 2.45) is 0 Å². The first-order valence-corrected chi connectivity index (χ1v) is 9.70. The van der Waals surface area contributed by atoms with Crippen LogP contribution in [0.1, 0.15) is 53.9 Å². The van der Waals surface area contributed by atoms with Crippen LogP contribution in [0, 0.1) is 0 Å². The highest BCUT2D eigenvalue weighted by atomic mass is 19.2. The van der Waals surface area contributed by atoms with Gasteiger partial charge in [0, 0.05) is 24.1 Å². The molecule has 0 fully saturated rings. The second-order valence-corrected chi connectivity index (χ2v) is 7.57. The van der Waals surface area contributed by atoms with Crippen molar-refractivity contribution in [1.29, 1.82) is 0 Å². The summed E-state index contributed by atoms with van der Waals surface area (Å²) < 4.78 is 28.6. The van der Waals surface area contributed by atoms with E-state index < -0.39 is 11.7 Å². The summed E-state index contributed by atoms with van der Waals surface area (Å²) in [5, 5.41) is 4.24. The van der Waals surface area contributed by atoms with E-state index in [1.807, 2.05) is 11.9 Å². The number of halogens is 2. The van der Waals surface area contributed by atoms with Crippen LogP contribution >= 0.6 is 0 Å². The minimum atomic E-state index is -0.760. The molecule has 0 saturated carbocycles. The van der Waals surface area contributed by atoms with E-state index in [2.05, 4.69) is 45.9 Å². The Hall–Kier alpha value is -1.94. The fourth-order valence-electron chi connectivity index (χ4n) is 4.27. The highest BCUT2D eigenvalue weighted by Crippen LogP contribution is 2.43. The van der Waals surface area contributed by atoms with Gasteiger partial charge in [-0.2, -0.15) is 0 Å². The third kappa shape index (κ3) is 3.86. The monoisotopic (exact) mass is 374 g/mol. The molecule has 1 heterocycles. The second-order valence-electron chi connectivity index (χ2n) is 7.57. The first-order chi connectivity index (χ1) is 12.7. The molecule has 1 unspecified atom stereocenters. The summed E-state index contributed by atoms with van der Waals surface area (Å²) in [6.45, 7) is 20.0. The van der Waals surface area contributed by atoms with Gasteiger partial charge in [0.1, 0.15) is 5.83 Å². The zero-order valence-electron chi connectivity index (χ0n) is 17.3. The Morgan fingerprint density at radius 1 is 1.30 bits per heavy atom. The Balaban J connectivity index is 2.56. The van der Waals surface area contributed by atoms with Crippen LogP contribution in [0.5, 0.6) is 0 Å². The fraction of sp³-hybridized carbons (Fsp3) is 0.478. The average Bonchev–Trinajstić information content (AvgIpc) is 2.75. The van der Waals surface area contributed by atoms with Crippen molar-refractivity contribution in [2.75, 3.05) is 13.1 Å². The van der Waals surface area contributed by atoms with E-state index in [0.29, 0.717) is 5.57 Å². The summed E-state index contributed by atoms with van der Waals surface area (Å²) in [5.41, 5.74) is 4.11. The van der Waals surface area contributed by atoms with E-state index in [-0.39, 0.29) is 18.5 Å². The molecular weight excluding hydrogens is 342 g/mol. The predicted molar refractivity (Wildman–Crippen MR) is 110 cm³/mol. The van der Waals surface area contributed by atoms with Gasteiger partial charge in [-0.05, 0) is 38.3 Å². The van der Waals surface area contributed by atoms with Crippen LogP contribution in [-0.4, -0.2) is 28.6 Å². The summed E-state index contributed by atoms with van der Waals surface area (Å²) >= 11 is 0. The highest BCUT2D eigenvalue weighted by molar-refractivity contribution is 5.51. The van der Waals surface area contributed by atoms with E-state index in [1.165, 1.54) is 5.57 Å². The third-order valence-corrected chi connectivity index (χ3v) is 5.68. The van der Waals surface area contributed by atoms with Gasteiger partial charge in [0.05, 0.1) is 17.8 Å². The van der Waals surface area contributed by atoms with Gasteiger partial charge in [-0.15, -0.1) is 0 Å². The molecule has 0 aromatic rings. The van der Waals surface area contributed by atoms with Gasteiger partial charge >= 0.3 is 0 Å². The largest absolute Gasteiger partial charge is 0.300 e. The van der Waals surface area contributed by atoms with Gasteiger partial charge in [0.2, 0.25) is 0 Å². The lowest BCUT2D eigenvalue weighted by Gasteiger charge is -2.54. The van der Waals surface area contributed by atoms with Crippen molar-refractivity contribution in [3.05, 3.63) is 71.0 Å². The van der Waals surface area contributed by atoms with Crippen LogP contribution < -0.4 is 0 Å².